The lowest BCUT2D eigenvalue weighted by Crippen LogP contribution is -2.30. The van der Waals surface area contributed by atoms with Crippen molar-refractivity contribution in [2.45, 2.75) is 26.1 Å². The predicted octanol–water partition coefficient (Wildman–Crippen LogP) is 2.08. The molecule has 3 rings (SSSR count). The number of nitrogens with two attached hydrogens (primary N) is 1. The van der Waals surface area contributed by atoms with Crippen LogP contribution in [0.4, 0.5) is 0 Å². The number of fused-ring (bicyclic) bond motifs is 1. The summed E-state index contributed by atoms with van der Waals surface area (Å²) in [6.07, 6.45) is 1.01. The maximum Gasteiger partial charge on any atom is 0.341 e. The van der Waals surface area contributed by atoms with E-state index in [9.17, 15) is 4.79 Å². The molecule has 5 nitrogen and oxygen atoms in total. The Morgan fingerprint density at radius 3 is 2.86 bits per heavy atom. The highest BCUT2D eigenvalue weighted by Gasteiger charge is 2.22. The number of furan rings is 1. The summed E-state index contributed by atoms with van der Waals surface area (Å²) in [4.78, 5) is 14.1. The molecule has 0 radical (unpaired) electrons. The molecule has 0 amide bonds. The lowest BCUT2D eigenvalue weighted by Gasteiger charge is -2.28. The SMILES string of the molecule is COC(=O)c1cc(CN)oc1CN1CCc2ccccc2C1. The van der Waals surface area contributed by atoms with Crippen LogP contribution in [0.2, 0.25) is 0 Å². The van der Waals surface area contributed by atoms with Gasteiger partial charge >= 0.3 is 5.97 Å². The third kappa shape index (κ3) is 2.91. The standard InChI is InChI=1S/C17H20N2O3/c1-21-17(20)15-8-14(9-18)22-16(15)11-19-7-6-12-4-2-3-5-13(12)10-19/h2-5,8H,6-7,9-11,18H2,1H3. The maximum absolute atomic E-state index is 11.9. The number of carbonyl (C=O) groups is 1. The molecule has 0 saturated carbocycles. The van der Waals surface area contributed by atoms with Crippen LogP contribution in [0.15, 0.2) is 34.7 Å². The molecule has 5 heteroatoms. The normalized spacial score (nSPS) is 14.6. The quantitative estimate of drug-likeness (QED) is 0.876. The molecule has 2 heterocycles. The van der Waals surface area contributed by atoms with E-state index in [2.05, 4.69) is 29.2 Å². The predicted molar refractivity (Wildman–Crippen MR) is 82.2 cm³/mol. The molecule has 0 atom stereocenters. The zero-order valence-corrected chi connectivity index (χ0v) is 12.7. The molecule has 2 aromatic rings. The first-order chi connectivity index (χ1) is 10.7. The summed E-state index contributed by atoms with van der Waals surface area (Å²) in [5.74, 6) is 0.857. The second-order valence-corrected chi connectivity index (χ2v) is 5.47. The van der Waals surface area contributed by atoms with Crippen molar-refractivity contribution >= 4 is 5.97 Å². The molecule has 2 N–H and O–H groups in total. The highest BCUT2D eigenvalue weighted by atomic mass is 16.5. The van der Waals surface area contributed by atoms with Crippen LogP contribution in [0.25, 0.3) is 0 Å². The van der Waals surface area contributed by atoms with Gasteiger partial charge in [0.1, 0.15) is 17.1 Å². The van der Waals surface area contributed by atoms with Crippen molar-refractivity contribution in [3.63, 3.8) is 0 Å². The zero-order chi connectivity index (χ0) is 15.5. The Morgan fingerprint density at radius 1 is 1.36 bits per heavy atom. The Morgan fingerprint density at radius 2 is 2.14 bits per heavy atom. The van der Waals surface area contributed by atoms with E-state index in [0.717, 1.165) is 19.5 Å². The summed E-state index contributed by atoms with van der Waals surface area (Å²) in [5, 5.41) is 0. The number of esters is 1. The fourth-order valence-electron chi connectivity index (χ4n) is 2.88. The van der Waals surface area contributed by atoms with Gasteiger partial charge in [-0.15, -0.1) is 0 Å². The van der Waals surface area contributed by atoms with Crippen molar-refractivity contribution in [3.8, 4) is 0 Å². The molecule has 0 spiro atoms. The molecular weight excluding hydrogens is 280 g/mol. The van der Waals surface area contributed by atoms with Crippen molar-refractivity contribution in [3.05, 3.63) is 58.5 Å². The summed E-state index contributed by atoms with van der Waals surface area (Å²) >= 11 is 0. The molecule has 0 bridgehead atoms. The monoisotopic (exact) mass is 300 g/mol. The van der Waals surface area contributed by atoms with E-state index in [4.69, 9.17) is 14.9 Å². The first-order valence-corrected chi connectivity index (χ1v) is 7.40. The molecule has 1 aromatic carbocycles. The van der Waals surface area contributed by atoms with Crippen LogP contribution in [0.3, 0.4) is 0 Å². The summed E-state index contributed by atoms with van der Waals surface area (Å²) < 4.78 is 10.5. The molecular formula is C17H20N2O3. The van der Waals surface area contributed by atoms with Gasteiger partial charge in [-0.05, 0) is 23.6 Å². The van der Waals surface area contributed by atoms with Gasteiger partial charge < -0.3 is 14.9 Å². The Labute approximate surface area is 129 Å². The van der Waals surface area contributed by atoms with E-state index < -0.39 is 0 Å². The average molecular weight is 300 g/mol. The third-order valence-electron chi connectivity index (χ3n) is 4.04. The van der Waals surface area contributed by atoms with Gasteiger partial charge in [-0.25, -0.2) is 4.79 Å². The smallest absolute Gasteiger partial charge is 0.341 e. The van der Waals surface area contributed by atoms with Gasteiger partial charge in [0, 0.05) is 13.1 Å². The second kappa shape index (κ2) is 6.34. The Hall–Kier alpha value is -2.11. The number of hydrogen-bond acceptors (Lipinski definition) is 5. The molecule has 0 saturated heterocycles. The van der Waals surface area contributed by atoms with Crippen molar-refractivity contribution in [2.24, 2.45) is 5.73 Å². The Bertz CT molecular complexity index is 678. The number of hydrogen-bond donors (Lipinski definition) is 1. The van der Waals surface area contributed by atoms with Crippen molar-refractivity contribution < 1.29 is 13.9 Å². The minimum Gasteiger partial charge on any atom is -0.465 e. The van der Waals surface area contributed by atoms with Gasteiger partial charge in [-0.3, -0.25) is 4.90 Å². The highest BCUT2D eigenvalue weighted by molar-refractivity contribution is 5.90. The molecule has 1 aliphatic heterocycles. The minimum absolute atomic E-state index is 0.271. The van der Waals surface area contributed by atoms with E-state index in [0.29, 0.717) is 23.6 Å². The largest absolute Gasteiger partial charge is 0.465 e. The summed E-state index contributed by atoms with van der Waals surface area (Å²) in [6.45, 7) is 2.65. The van der Waals surface area contributed by atoms with Crippen LogP contribution in [0, 0.1) is 0 Å². The van der Waals surface area contributed by atoms with Crippen molar-refractivity contribution in [2.75, 3.05) is 13.7 Å². The van der Waals surface area contributed by atoms with Crippen molar-refractivity contribution in [1.29, 1.82) is 0 Å². The lowest BCUT2D eigenvalue weighted by molar-refractivity contribution is 0.0596. The highest BCUT2D eigenvalue weighted by Crippen LogP contribution is 2.23. The Kier molecular flexibility index (Phi) is 4.27. The van der Waals surface area contributed by atoms with E-state index in [1.165, 1.54) is 18.2 Å². The number of carbonyl (C=O) groups excluding carboxylic acids is 1. The summed E-state index contributed by atoms with van der Waals surface area (Å²) in [5.41, 5.74) is 8.81. The third-order valence-corrected chi connectivity index (χ3v) is 4.04. The molecule has 1 aromatic heterocycles. The summed E-state index contributed by atoms with van der Waals surface area (Å²) in [6, 6.07) is 10.1. The zero-order valence-electron chi connectivity index (χ0n) is 12.7. The van der Waals surface area contributed by atoms with Crippen LogP contribution in [-0.4, -0.2) is 24.5 Å². The number of rotatable bonds is 4. The second-order valence-electron chi connectivity index (χ2n) is 5.47. The van der Waals surface area contributed by atoms with E-state index in [-0.39, 0.29) is 12.5 Å². The summed E-state index contributed by atoms with van der Waals surface area (Å²) in [7, 11) is 1.37. The van der Waals surface area contributed by atoms with Crippen LogP contribution in [0.5, 0.6) is 0 Å². The topological polar surface area (TPSA) is 68.7 Å². The first-order valence-electron chi connectivity index (χ1n) is 7.40. The Balaban J connectivity index is 1.79. The fourth-order valence-corrected chi connectivity index (χ4v) is 2.88. The number of nitrogens with zero attached hydrogens (tertiary/aromatic N) is 1. The van der Waals surface area contributed by atoms with E-state index in [1.807, 2.05) is 0 Å². The van der Waals surface area contributed by atoms with Gasteiger partial charge in [-0.1, -0.05) is 24.3 Å². The molecule has 0 fully saturated rings. The van der Waals surface area contributed by atoms with Crippen LogP contribution < -0.4 is 5.73 Å². The van der Waals surface area contributed by atoms with Gasteiger partial charge in [0.05, 0.1) is 20.2 Å². The van der Waals surface area contributed by atoms with Crippen LogP contribution >= 0.6 is 0 Å². The average Bonchev–Trinajstić information content (AvgIpc) is 2.97. The number of benzene rings is 1. The molecule has 1 aliphatic rings. The van der Waals surface area contributed by atoms with E-state index >= 15 is 0 Å². The number of ether oxygens (including phenoxy) is 1. The van der Waals surface area contributed by atoms with E-state index in [1.54, 1.807) is 6.07 Å². The van der Waals surface area contributed by atoms with Gasteiger partial charge in [0.2, 0.25) is 0 Å². The maximum atomic E-state index is 11.9. The van der Waals surface area contributed by atoms with Crippen LogP contribution in [0.1, 0.15) is 33.0 Å². The fraction of sp³-hybridized carbons (Fsp3) is 0.353. The van der Waals surface area contributed by atoms with Gasteiger partial charge in [0.25, 0.3) is 0 Å². The minimum atomic E-state index is -0.379. The van der Waals surface area contributed by atoms with Crippen LogP contribution in [-0.2, 0) is 30.8 Å². The lowest BCUT2D eigenvalue weighted by atomic mass is 10.00. The molecule has 0 unspecified atom stereocenters. The number of methoxy groups -OCH3 is 1. The molecule has 116 valence electrons. The van der Waals surface area contributed by atoms with Gasteiger partial charge in [-0.2, -0.15) is 0 Å². The van der Waals surface area contributed by atoms with Gasteiger partial charge in [0.15, 0.2) is 0 Å². The molecule has 22 heavy (non-hydrogen) atoms. The van der Waals surface area contributed by atoms with Crippen molar-refractivity contribution in [1.82, 2.24) is 4.90 Å². The first kappa shape index (κ1) is 14.8. The molecule has 0 aliphatic carbocycles.